The van der Waals surface area contributed by atoms with Gasteiger partial charge in [0.15, 0.2) is 0 Å². The third kappa shape index (κ3) is 2.66. The molecule has 11 heavy (non-hydrogen) atoms. The minimum absolute atomic E-state index is 0.937. The second-order valence-corrected chi connectivity index (χ2v) is 3.47. The van der Waals surface area contributed by atoms with Crippen LogP contribution >= 0.6 is 0 Å². The number of hydrogen-bond donors (Lipinski definition) is 1. The average molecular weight is 153 g/mol. The highest BCUT2D eigenvalue weighted by Gasteiger charge is 2.17. The highest BCUT2D eigenvalue weighted by atomic mass is 14.8. The molecule has 0 aromatic heterocycles. The second-order valence-electron chi connectivity index (χ2n) is 3.47. The highest BCUT2D eigenvalue weighted by Crippen LogP contribution is 2.32. The molecule has 0 aromatic rings. The summed E-state index contributed by atoms with van der Waals surface area (Å²) in [5, 5.41) is 3.15. The molecule has 0 unspecified atom stereocenters. The molecule has 1 fully saturated rings. The molecule has 1 rings (SSSR count). The Bertz CT molecular complexity index is 134. The summed E-state index contributed by atoms with van der Waals surface area (Å²) >= 11 is 0. The van der Waals surface area contributed by atoms with Crippen molar-refractivity contribution in [2.24, 2.45) is 5.92 Å². The Morgan fingerprint density at radius 3 is 2.73 bits per heavy atom. The van der Waals surface area contributed by atoms with E-state index in [1.54, 1.807) is 5.57 Å². The smallest absolute Gasteiger partial charge is 0.00172 e. The maximum absolute atomic E-state index is 3.15. The van der Waals surface area contributed by atoms with Gasteiger partial charge in [-0.05, 0) is 45.7 Å². The molecule has 1 aliphatic rings. The molecule has 0 saturated heterocycles. The van der Waals surface area contributed by atoms with Gasteiger partial charge in [-0.1, -0.05) is 18.1 Å². The van der Waals surface area contributed by atoms with Crippen LogP contribution in [0.25, 0.3) is 0 Å². The van der Waals surface area contributed by atoms with Gasteiger partial charge in [-0.2, -0.15) is 0 Å². The van der Waals surface area contributed by atoms with Crippen molar-refractivity contribution in [3.8, 4) is 0 Å². The molecular formula is C10H19N. The van der Waals surface area contributed by atoms with Crippen molar-refractivity contribution >= 4 is 0 Å². The zero-order valence-corrected chi connectivity index (χ0v) is 7.69. The van der Waals surface area contributed by atoms with Crippen molar-refractivity contribution in [1.82, 2.24) is 5.32 Å². The van der Waals surface area contributed by atoms with E-state index in [2.05, 4.69) is 18.3 Å². The zero-order chi connectivity index (χ0) is 8.10. The molecule has 0 radical (unpaired) electrons. The first-order chi connectivity index (χ1) is 5.34. The van der Waals surface area contributed by atoms with Crippen molar-refractivity contribution < 1.29 is 0 Å². The van der Waals surface area contributed by atoms with Gasteiger partial charge >= 0.3 is 0 Å². The highest BCUT2D eigenvalue weighted by molar-refractivity contribution is 5.06. The normalized spacial score (nSPS) is 20.0. The zero-order valence-electron chi connectivity index (χ0n) is 7.69. The lowest BCUT2D eigenvalue weighted by Gasteiger charge is -2.26. The van der Waals surface area contributed by atoms with Gasteiger partial charge in [0.1, 0.15) is 0 Å². The molecule has 0 aliphatic heterocycles. The van der Waals surface area contributed by atoms with Gasteiger partial charge in [-0.3, -0.25) is 0 Å². The molecule has 1 saturated carbocycles. The van der Waals surface area contributed by atoms with E-state index in [9.17, 15) is 0 Å². The van der Waals surface area contributed by atoms with Gasteiger partial charge in [0.25, 0.3) is 0 Å². The van der Waals surface area contributed by atoms with Crippen LogP contribution in [-0.4, -0.2) is 13.6 Å². The van der Waals surface area contributed by atoms with Crippen LogP contribution in [0.2, 0.25) is 0 Å². The number of rotatable bonds is 4. The number of hydrogen-bond acceptors (Lipinski definition) is 1. The van der Waals surface area contributed by atoms with Gasteiger partial charge in [-0.15, -0.1) is 0 Å². The molecule has 1 N–H and O–H groups in total. The number of allylic oxidation sites excluding steroid dienone is 1. The lowest BCUT2D eigenvalue weighted by Crippen LogP contribution is -2.12. The molecule has 64 valence electrons. The summed E-state index contributed by atoms with van der Waals surface area (Å²) in [5.41, 5.74) is 1.62. The molecule has 0 bridgehead atoms. The average Bonchev–Trinajstić information content (AvgIpc) is 1.84. The summed E-state index contributed by atoms with van der Waals surface area (Å²) in [6, 6.07) is 0. The van der Waals surface area contributed by atoms with E-state index < -0.39 is 0 Å². The molecule has 0 aromatic carbocycles. The molecule has 0 amide bonds. The Morgan fingerprint density at radius 2 is 2.27 bits per heavy atom. The molecule has 1 nitrogen and oxygen atoms in total. The quantitative estimate of drug-likeness (QED) is 0.483. The summed E-state index contributed by atoms with van der Waals surface area (Å²) < 4.78 is 0. The van der Waals surface area contributed by atoms with E-state index in [1.165, 1.54) is 25.7 Å². The molecule has 0 spiro atoms. The third-order valence-electron chi connectivity index (χ3n) is 2.61. The van der Waals surface area contributed by atoms with Crippen LogP contribution in [0.1, 0.15) is 32.6 Å². The van der Waals surface area contributed by atoms with E-state index in [4.69, 9.17) is 0 Å². The topological polar surface area (TPSA) is 12.0 Å². The van der Waals surface area contributed by atoms with Crippen LogP contribution in [0.3, 0.4) is 0 Å². The van der Waals surface area contributed by atoms with E-state index in [1.807, 2.05) is 7.05 Å². The molecule has 1 aliphatic carbocycles. The van der Waals surface area contributed by atoms with Crippen LogP contribution in [0.15, 0.2) is 11.6 Å². The third-order valence-corrected chi connectivity index (χ3v) is 2.61. The van der Waals surface area contributed by atoms with Crippen LogP contribution in [0.4, 0.5) is 0 Å². The van der Waals surface area contributed by atoms with E-state index >= 15 is 0 Å². The summed E-state index contributed by atoms with van der Waals surface area (Å²) in [5.74, 6) is 0.937. The Kier molecular flexibility index (Phi) is 3.64. The number of nitrogens with one attached hydrogen (secondary N) is 1. The van der Waals surface area contributed by atoms with Crippen LogP contribution < -0.4 is 5.32 Å². The van der Waals surface area contributed by atoms with Crippen LogP contribution in [0, 0.1) is 5.92 Å². The van der Waals surface area contributed by atoms with Crippen molar-refractivity contribution in [2.45, 2.75) is 32.6 Å². The lowest BCUT2D eigenvalue weighted by molar-refractivity contribution is 0.367. The summed E-state index contributed by atoms with van der Waals surface area (Å²) in [6.45, 7) is 3.39. The molecule has 0 atom stereocenters. The standard InChI is InChI=1S/C10H19N/c1-9(5-4-8-11-2)10-6-3-7-10/h5,10-11H,3-4,6-8H2,1-2H3/b9-5-. The van der Waals surface area contributed by atoms with Crippen molar-refractivity contribution in [3.63, 3.8) is 0 Å². The van der Waals surface area contributed by atoms with Gasteiger partial charge < -0.3 is 5.32 Å². The first-order valence-electron chi connectivity index (χ1n) is 4.66. The fourth-order valence-corrected chi connectivity index (χ4v) is 1.47. The molecule has 0 heterocycles. The summed E-state index contributed by atoms with van der Waals surface area (Å²) in [4.78, 5) is 0. The Hall–Kier alpha value is -0.300. The minimum atomic E-state index is 0.937. The first-order valence-corrected chi connectivity index (χ1v) is 4.66. The predicted molar refractivity (Wildman–Crippen MR) is 49.6 cm³/mol. The van der Waals surface area contributed by atoms with Gasteiger partial charge in [0.2, 0.25) is 0 Å². The monoisotopic (exact) mass is 153 g/mol. The summed E-state index contributed by atoms with van der Waals surface area (Å²) in [7, 11) is 2.01. The Morgan fingerprint density at radius 1 is 1.55 bits per heavy atom. The SMILES string of the molecule is CNCC/C=C(/C)C1CCC1. The van der Waals surface area contributed by atoms with Gasteiger partial charge in [0, 0.05) is 0 Å². The van der Waals surface area contributed by atoms with Gasteiger partial charge in [-0.25, -0.2) is 0 Å². The van der Waals surface area contributed by atoms with E-state index in [0.717, 1.165) is 12.5 Å². The molecular weight excluding hydrogens is 134 g/mol. The van der Waals surface area contributed by atoms with Crippen molar-refractivity contribution in [1.29, 1.82) is 0 Å². The molecule has 1 heteroatoms. The largest absolute Gasteiger partial charge is 0.319 e. The maximum atomic E-state index is 3.15. The van der Waals surface area contributed by atoms with Crippen LogP contribution in [-0.2, 0) is 0 Å². The van der Waals surface area contributed by atoms with E-state index in [-0.39, 0.29) is 0 Å². The van der Waals surface area contributed by atoms with E-state index in [0.29, 0.717) is 0 Å². The fraction of sp³-hybridized carbons (Fsp3) is 0.800. The van der Waals surface area contributed by atoms with Gasteiger partial charge in [0.05, 0.1) is 0 Å². The first kappa shape index (κ1) is 8.79. The Balaban J connectivity index is 2.15. The maximum Gasteiger partial charge on any atom is -0.00172 e. The summed E-state index contributed by atoms with van der Waals surface area (Å²) in [6.07, 6.45) is 7.89. The fourth-order valence-electron chi connectivity index (χ4n) is 1.47. The minimum Gasteiger partial charge on any atom is -0.319 e. The van der Waals surface area contributed by atoms with Crippen molar-refractivity contribution in [2.75, 3.05) is 13.6 Å². The predicted octanol–water partition coefficient (Wildman–Crippen LogP) is 2.34. The second kappa shape index (κ2) is 4.55. The lowest BCUT2D eigenvalue weighted by atomic mass is 9.80. The van der Waals surface area contributed by atoms with Crippen molar-refractivity contribution in [3.05, 3.63) is 11.6 Å². The Labute approximate surface area is 69.9 Å². The van der Waals surface area contributed by atoms with Crippen LogP contribution in [0.5, 0.6) is 0 Å².